The SMILES string of the molecule is COC(=O)c1cc(-c2cccc(O)c2)[nH]n1. The molecule has 1 aromatic carbocycles. The molecule has 2 rings (SSSR count). The van der Waals surface area contributed by atoms with Crippen molar-refractivity contribution in [1.82, 2.24) is 10.2 Å². The fourth-order valence-corrected chi connectivity index (χ4v) is 1.35. The van der Waals surface area contributed by atoms with E-state index in [1.165, 1.54) is 7.11 Å². The number of rotatable bonds is 2. The molecule has 1 aromatic heterocycles. The third-order valence-corrected chi connectivity index (χ3v) is 2.13. The van der Waals surface area contributed by atoms with Crippen LogP contribution in [0.2, 0.25) is 0 Å². The lowest BCUT2D eigenvalue weighted by Gasteiger charge is -1.96. The highest BCUT2D eigenvalue weighted by Gasteiger charge is 2.11. The summed E-state index contributed by atoms with van der Waals surface area (Å²) in [6.07, 6.45) is 0. The molecule has 0 saturated carbocycles. The molecule has 1 heterocycles. The molecule has 0 atom stereocenters. The summed E-state index contributed by atoms with van der Waals surface area (Å²) >= 11 is 0. The molecule has 2 N–H and O–H groups in total. The van der Waals surface area contributed by atoms with Gasteiger partial charge in [0.15, 0.2) is 5.69 Å². The molecule has 0 amide bonds. The van der Waals surface area contributed by atoms with Gasteiger partial charge in [-0.05, 0) is 18.2 Å². The number of benzene rings is 1. The Labute approximate surface area is 91.7 Å². The van der Waals surface area contributed by atoms with Crippen LogP contribution in [0.3, 0.4) is 0 Å². The molecule has 0 aliphatic rings. The van der Waals surface area contributed by atoms with Crippen LogP contribution in [-0.4, -0.2) is 28.4 Å². The summed E-state index contributed by atoms with van der Waals surface area (Å²) in [5.41, 5.74) is 1.61. The number of ether oxygens (including phenoxy) is 1. The second-order valence-corrected chi connectivity index (χ2v) is 3.21. The van der Waals surface area contributed by atoms with Crippen molar-refractivity contribution in [2.75, 3.05) is 7.11 Å². The third-order valence-electron chi connectivity index (χ3n) is 2.13. The van der Waals surface area contributed by atoms with E-state index < -0.39 is 5.97 Å². The standard InChI is InChI=1S/C11H10N2O3/c1-16-11(15)10-6-9(12-13-10)7-3-2-4-8(14)5-7/h2-6,14H,1H3,(H,12,13). The van der Waals surface area contributed by atoms with Crippen molar-refractivity contribution >= 4 is 5.97 Å². The number of nitrogens with one attached hydrogen (secondary N) is 1. The number of methoxy groups -OCH3 is 1. The zero-order valence-electron chi connectivity index (χ0n) is 8.60. The molecule has 0 aliphatic heterocycles. The first-order valence-corrected chi connectivity index (χ1v) is 4.64. The molecular weight excluding hydrogens is 208 g/mol. The summed E-state index contributed by atoms with van der Waals surface area (Å²) in [7, 11) is 1.30. The van der Waals surface area contributed by atoms with Crippen molar-refractivity contribution in [3.8, 4) is 17.0 Å². The summed E-state index contributed by atoms with van der Waals surface area (Å²) in [6, 6.07) is 8.23. The van der Waals surface area contributed by atoms with Gasteiger partial charge in [0.1, 0.15) is 5.75 Å². The highest BCUT2D eigenvalue weighted by molar-refractivity contribution is 5.88. The molecular formula is C11H10N2O3. The monoisotopic (exact) mass is 218 g/mol. The maximum Gasteiger partial charge on any atom is 0.358 e. The minimum absolute atomic E-state index is 0.159. The number of H-pyrrole nitrogens is 1. The second kappa shape index (κ2) is 4.06. The van der Waals surface area contributed by atoms with E-state index in [4.69, 9.17) is 0 Å². The van der Waals surface area contributed by atoms with Crippen molar-refractivity contribution in [1.29, 1.82) is 0 Å². The van der Waals surface area contributed by atoms with Crippen LogP contribution < -0.4 is 0 Å². The Morgan fingerprint density at radius 1 is 1.44 bits per heavy atom. The molecule has 0 spiro atoms. The molecule has 0 bridgehead atoms. The van der Waals surface area contributed by atoms with Crippen LogP contribution in [0.4, 0.5) is 0 Å². The first-order chi connectivity index (χ1) is 7.70. The van der Waals surface area contributed by atoms with Crippen molar-refractivity contribution in [3.63, 3.8) is 0 Å². The summed E-state index contributed by atoms with van der Waals surface area (Å²) < 4.78 is 4.54. The maximum atomic E-state index is 11.2. The first-order valence-electron chi connectivity index (χ1n) is 4.64. The number of carbonyl (C=O) groups is 1. The van der Waals surface area contributed by atoms with Crippen LogP contribution in [0.1, 0.15) is 10.5 Å². The van der Waals surface area contributed by atoms with E-state index in [-0.39, 0.29) is 11.4 Å². The van der Waals surface area contributed by atoms with E-state index in [2.05, 4.69) is 14.9 Å². The Hall–Kier alpha value is -2.30. The van der Waals surface area contributed by atoms with Crippen LogP contribution in [0.25, 0.3) is 11.3 Å². The van der Waals surface area contributed by atoms with Gasteiger partial charge in [0, 0.05) is 5.56 Å². The summed E-state index contributed by atoms with van der Waals surface area (Å²) in [5.74, 6) is -0.339. The molecule has 82 valence electrons. The number of esters is 1. The quantitative estimate of drug-likeness (QED) is 0.750. The molecule has 0 radical (unpaired) electrons. The number of hydrogen-bond acceptors (Lipinski definition) is 4. The lowest BCUT2D eigenvalue weighted by molar-refractivity contribution is 0.0594. The fourth-order valence-electron chi connectivity index (χ4n) is 1.35. The van der Waals surface area contributed by atoms with Gasteiger partial charge in [0.25, 0.3) is 0 Å². The number of aromatic nitrogens is 2. The Morgan fingerprint density at radius 3 is 2.94 bits per heavy atom. The lowest BCUT2D eigenvalue weighted by atomic mass is 10.1. The van der Waals surface area contributed by atoms with Gasteiger partial charge in [-0.2, -0.15) is 5.10 Å². The van der Waals surface area contributed by atoms with Crippen LogP contribution in [0.15, 0.2) is 30.3 Å². The average molecular weight is 218 g/mol. The number of carbonyl (C=O) groups excluding carboxylic acids is 1. The Morgan fingerprint density at radius 2 is 2.25 bits per heavy atom. The van der Waals surface area contributed by atoms with Crippen LogP contribution >= 0.6 is 0 Å². The van der Waals surface area contributed by atoms with Crippen molar-refractivity contribution in [3.05, 3.63) is 36.0 Å². The van der Waals surface area contributed by atoms with Gasteiger partial charge in [-0.3, -0.25) is 5.10 Å². The van der Waals surface area contributed by atoms with Gasteiger partial charge in [-0.25, -0.2) is 4.79 Å². The van der Waals surface area contributed by atoms with Crippen molar-refractivity contribution < 1.29 is 14.6 Å². The topological polar surface area (TPSA) is 75.2 Å². The third kappa shape index (κ3) is 1.88. The molecule has 0 saturated heterocycles. The Kier molecular flexibility index (Phi) is 2.59. The predicted molar refractivity (Wildman–Crippen MR) is 57.0 cm³/mol. The van der Waals surface area contributed by atoms with E-state index in [0.717, 1.165) is 5.56 Å². The van der Waals surface area contributed by atoms with Crippen molar-refractivity contribution in [2.45, 2.75) is 0 Å². The van der Waals surface area contributed by atoms with E-state index in [1.807, 2.05) is 0 Å². The van der Waals surface area contributed by atoms with Gasteiger partial charge in [0.2, 0.25) is 0 Å². The van der Waals surface area contributed by atoms with Gasteiger partial charge in [-0.15, -0.1) is 0 Å². The molecule has 0 fully saturated rings. The smallest absolute Gasteiger partial charge is 0.358 e. The van der Waals surface area contributed by atoms with Gasteiger partial charge in [-0.1, -0.05) is 12.1 Å². The molecule has 16 heavy (non-hydrogen) atoms. The van der Waals surface area contributed by atoms with E-state index >= 15 is 0 Å². The lowest BCUT2D eigenvalue weighted by Crippen LogP contribution is -2.00. The normalized spacial score (nSPS) is 10.1. The van der Waals surface area contributed by atoms with Crippen LogP contribution in [-0.2, 0) is 4.74 Å². The number of hydrogen-bond donors (Lipinski definition) is 2. The van der Waals surface area contributed by atoms with Gasteiger partial charge in [0.05, 0.1) is 12.8 Å². The number of nitrogens with zero attached hydrogens (tertiary/aromatic N) is 1. The second-order valence-electron chi connectivity index (χ2n) is 3.21. The van der Waals surface area contributed by atoms with E-state index in [0.29, 0.717) is 5.69 Å². The molecule has 0 aliphatic carbocycles. The Balaban J connectivity index is 2.35. The van der Waals surface area contributed by atoms with E-state index in [9.17, 15) is 9.90 Å². The van der Waals surface area contributed by atoms with Crippen LogP contribution in [0, 0.1) is 0 Å². The fraction of sp³-hybridized carbons (Fsp3) is 0.0909. The molecule has 5 heteroatoms. The van der Waals surface area contributed by atoms with Crippen LogP contribution in [0.5, 0.6) is 5.75 Å². The van der Waals surface area contributed by atoms with E-state index in [1.54, 1.807) is 30.3 Å². The first kappa shape index (κ1) is 10.2. The summed E-state index contributed by atoms with van der Waals surface area (Å²) in [4.78, 5) is 11.2. The van der Waals surface area contributed by atoms with Crippen molar-refractivity contribution in [2.24, 2.45) is 0 Å². The maximum absolute atomic E-state index is 11.2. The highest BCUT2D eigenvalue weighted by Crippen LogP contribution is 2.21. The van der Waals surface area contributed by atoms with Gasteiger partial charge < -0.3 is 9.84 Å². The summed E-state index contributed by atoms with van der Waals surface area (Å²) in [5, 5.41) is 15.8. The Bertz CT molecular complexity index is 519. The largest absolute Gasteiger partial charge is 0.508 e. The highest BCUT2D eigenvalue weighted by atomic mass is 16.5. The minimum atomic E-state index is -0.498. The van der Waals surface area contributed by atoms with Gasteiger partial charge >= 0.3 is 5.97 Å². The number of phenols is 1. The molecule has 2 aromatic rings. The number of phenolic OH excluding ortho intramolecular Hbond substituents is 1. The average Bonchev–Trinajstić information content (AvgIpc) is 2.77. The predicted octanol–water partition coefficient (Wildman–Crippen LogP) is 1.57. The zero-order chi connectivity index (χ0) is 11.5. The molecule has 5 nitrogen and oxygen atoms in total. The number of aromatic amines is 1. The number of aromatic hydroxyl groups is 1. The minimum Gasteiger partial charge on any atom is -0.508 e. The zero-order valence-corrected chi connectivity index (χ0v) is 8.60. The summed E-state index contributed by atoms with van der Waals surface area (Å²) in [6.45, 7) is 0. The molecule has 0 unspecified atom stereocenters.